The first-order chi connectivity index (χ1) is 11.4. The van der Waals surface area contributed by atoms with E-state index in [9.17, 15) is 8.42 Å². The third-order valence-electron chi connectivity index (χ3n) is 3.14. The molecule has 0 unspecified atom stereocenters. The Bertz CT molecular complexity index is 815. The summed E-state index contributed by atoms with van der Waals surface area (Å²) in [4.78, 5) is 4.34. The minimum absolute atomic E-state index is 0.171. The normalized spacial score (nSPS) is 11.9. The summed E-state index contributed by atoms with van der Waals surface area (Å²) in [5.41, 5.74) is 2.83. The topological polar surface area (TPSA) is 79.8 Å². The Balaban J connectivity index is 2.18. The van der Waals surface area contributed by atoms with Crippen LogP contribution in [0.4, 0.5) is 5.69 Å². The van der Waals surface area contributed by atoms with E-state index in [1.807, 2.05) is 31.2 Å². The number of aliphatic imine (C=N–C) groups is 1. The highest BCUT2D eigenvalue weighted by molar-refractivity contribution is 7.89. The lowest BCUT2D eigenvalue weighted by Crippen LogP contribution is -2.35. The van der Waals surface area contributed by atoms with Gasteiger partial charge in [-0.05, 0) is 36.8 Å². The molecule has 2 aromatic carbocycles. The van der Waals surface area contributed by atoms with Gasteiger partial charge in [0.1, 0.15) is 5.75 Å². The summed E-state index contributed by atoms with van der Waals surface area (Å²) in [6, 6.07) is 15.0. The van der Waals surface area contributed by atoms with Crippen molar-refractivity contribution in [3.8, 4) is 5.75 Å². The van der Waals surface area contributed by atoms with E-state index in [-0.39, 0.29) is 5.96 Å². The van der Waals surface area contributed by atoms with Crippen LogP contribution in [0.3, 0.4) is 0 Å². The molecule has 0 aliphatic rings. The van der Waals surface area contributed by atoms with Gasteiger partial charge in [0.2, 0.25) is 16.0 Å². The molecule has 0 aromatic heterocycles. The van der Waals surface area contributed by atoms with Gasteiger partial charge in [-0.3, -0.25) is 4.72 Å². The van der Waals surface area contributed by atoms with Crippen molar-refractivity contribution in [1.82, 2.24) is 4.72 Å². The van der Waals surface area contributed by atoms with Crippen molar-refractivity contribution >= 4 is 21.7 Å². The Morgan fingerprint density at radius 3 is 2.46 bits per heavy atom. The van der Waals surface area contributed by atoms with Crippen molar-refractivity contribution in [1.29, 1.82) is 0 Å². The van der Waals surface area contributed by atoms with Crippen molar-refractivity contribution in [3.05, 3.63) is 59.7 Å². The monoisotopic (exact) mass is 347 g/mol. The Hall–Kier alpha value is -2.54. The van der Waals surface area contributed by atoms with E-state index in [0.717, 1.165) is 23.1 Å². The van der Waals surface area contributed by atoms with Gasteiger partial charge in [-0.25, -0.2) is 13.4 Å². The van der Waals surface area contributed by atoms with Crippen molar-refractivity contribution in [3.63, 3.8) is 0 Å². The maximum Gasteiger partial charge on any atom is 0.232 e. The number of ether oxygens (including phenoxy) is 1. The fraction of sp³-hybridized carbons (Fsp3) is 0.235. The first kappa shape index (κ1) is 17.8. The highest BCUT2D eigenvalue weighted by Crippen LogP contribution is 2.15. The maximum atomic E-state index is 11.5. The lowest BCUT2D eigenvalue weighted by Gasteiger charge is -2.12. The minimum atomic E-state index is -3.44. The fourth-order valence-electron chi connectivity index (χ4n) is 2.06. The summed E-state index contributed by atoms with van der Waals surface area (Å²) < 4.78 is 30.6. The SMILES string of the molecule is COc1ccc(NC(=NCc2cccc(C)c2)NS(C)(=O)=O)cc1. The molecular weight excluding hydrogens is 326 g/mol. The molecule has 0 atom stereocenters. The lowest BCUT2D eigenvalue weighted by atomic mass is 10.1. The van der Waals surface area contributed by atoms with Crippen LogP contribution in [-0.4, -0.2) is 27.7 Å². The van der Waals surface area contributed by atoms with Crippen molar-refractivity contribution in [2.75, 3.05) is 18.7 Å². The van der Waals surface area contributed by atoms with Gasteiger partial charge in [0, 0.05) is 5.69 Å². The Morgan fingerprint density at radius 2 is 1.88 bits per heavy atom. The molecule has 0 aliphatic heterocycles. The molecule has 0 radical (unpaired) electrons. The zero-order valence-electron chi connectivity index (χ0n) is 13.9. The van der Waals surface area contributed by atoms with Gasteiger partial charge in [0.15, 0.2) is 0 Å². The molecule has 0 fully saturated rings. The third kappa shape index (κ3) is 5.92. The van der Waals surface area contributed by atoms with E-state index >= 15 is 0 Å². The smallest absolute Gasteiger partial charge is 0.232 e. The maximum absolute atomic E-state index is 11.5. The Kier molecular flexibility index (Phi) is 5.81. The van der Waals surface area contributed by atoms with Crippen LogP contribution in [0.1, 0.15) is 11.1 Å². The molecule has 0 amide bonds. The second-order valence-corrected chi connectivity index (χ2v) is 7.13. The van der Waals surface area contributed by atoms with Crippen LogP contribution in [0.5, 0.6) is 5.75 Å². The zero-order valence-corrected chi connectivity index (χ0v) is 14.7. The molecule has 2 aromatic rings. The molecule has 128 valence electrons. The van der Waals surface area contributed by atoms with Crippen LogP contribution in [-0.2, 0) is 16.6 Å². The first-order valence-electron chi connectivity index (χ1n) is 7.34. The van der Waals surface area contributed by atoms with Crippen LogP contribution < -0.4 is 14.8 Å². The predicted molar refractivity (Wildman–Crippen MR) is 96.9 cm³/mol. The van der Waals surface area contributed by atoms with Crippen LogP contribution in [0.15, 0.2) is 53.5 Å². The molecule has 0 heterocycles. The number of methoxy groups -OCH3 is 1. The molecule has 7 heteroatoms. The number of hydrogen-bond acceptors (Lipinski definition) is 4. The fourth-order valence-corrected chi connectivity index (χ4v) is 2.53. The van der Waals surface area contributed by atoms with Crippen molar-refractivity contribution in [2.45, 2.75) is 13.5 Å². The summed E-state index contributed by atoms with van der Waals surface area (Å²) in [6.07, 6.45) is 1.09. The number of hydrogen-bond donors (Lipinski definition) is 2. The molecule has 2 N–H and O–H groups in total. The Morgan fingerprint density at radius 1 is 1.17 bits per heavy atom. The molecular formula is C17H21N3O3S. The molecule has 2 rings (SSSR count). The summed E-state index contributed by atoms with van der Waals surface area (Å²) in [5, 5.41) is 2.98. The minimum Gasteiger partial charge on any atom is -0.497 e. The number of nitrogens with one attached hydrogen (secondary N) is 2. The molecule has 24 heavy (non-hydrogen) atoms. The van der Waals surface area contributed by atoms with E-state index in [4.69, 9.17) is 4.74 Å². The van der Waals surface area contributed by atoms with Gasteiger partial charge >= 0.3 is 0 Å². The quantitative estimate of drug-likeness (QED) is 0.643. The second kappa shape index (κ2) is 7.83. The van der Waals surface area contributed by atoms with E-state index < -0.39 is 10.0 Å². The Labute approximate surface area is 142 Å². The lowest BCUT2D eigenvalue weighted by molar-refractivity contribution is 0.415. The number of benzene rings is 2. The summed E-state index contributed by atoms with van der Waals surface area (Å²) in [5.74, 6) is 0.888. The van der Waals surface area contributed by atoms with E-state index in [1.54, 1.807) is 31.4 Å². The van der Waals surface area contributed by atoms with Gasteiger partial charge in [-0.1, -0.05) is 29.8 Å². The highest BCUT2D eigenvalue weighted by atomic mass is 32.2. The van der Waals surface area contributed by atoms with Crippen LogP contribution in [0.2, 0.25) is 0 Å². The summed E-state index contributed by atoms with van der Waals surface area (Å²) in [6.45, 7) is 2.36. The van der Waals surface area contributed by atoms with Gasteiger partial charge in [-0.2, -0.15) is 0 Å². The zero-order chi connectivity index (χ0) is 17.6. The van der Waals surface area contributed by atoms with E-state index in [2.05, 4.69) is 15.0 Å². The summed E-state index contributed by atoms with van der Waals surface area (Å²) >= 11 is 0. The third-order valence-corrected chi connectivity index (χ3v) is 3.70. The standard InChI is InChI=1S/C17H21N3O3S/c1-13-5-4-6-14(11-13)12-18-17(20-24(3,21)22)19-15-7-9-16(23-2)10-8-15/h4-11H,12H2,1-3H3,(H2,18,19,20). The van der Waals surface area contributed by atoms with Gasteiger partial charge in [-0.15, -0.1) is 0 Å². The highest BCUT2D eigenvalue weighted by Gasteiger charge is 2.07. The van der Waals surface area contributed by atoms with Crippen LogP contribution in [0, 0.1) is 6.92 Å². The van der Waals surface area contributed by atoms with Gasteiger partial charge in [0.25, 0.3) is 0 Å². The predicted octanol–water partition coefficient (Wildman–Crippen LogP) is 2.52. The average molecular weight is 347 g/mol. The summed E-state index contributed by atoms with van der Waals surface area (Å²) in [7, 11) is -1.85. The molecule has 0 saturated carbocycles. The molecule has 0 bridgehead atoms. The number of aryl methyl sites for hydroxylation is 1. The number of sulfonamides is 1. The molecule has 6 nitrogen and oxygen atoms in total. The number of rotatable bonds is 5. The van der Waals surface area contributed by atoms with Crippen molar-refractivity contribution in [2.24, 2.45) is 4.99 Å². The van der Waals surface area contributed by atoms with Gasteiger partial charge < -0.3 is 10.1 Å². The largest absolute Gasteiger partial charge is 0.497 e. The van der Waals surface area contributed by atoms with E-state index in [1.165, 1.54) is 0 Å². The number of guanidine groups is 1. The van der Waals surface area contributed by atoms with Crippen LogP contribution >= 0.6 is 0 Å². The van der Waals surface area contributed by atoms with Crippen LogP contribution in [0.25, 0.3) is 0 Å². The number of anilines is 1. The van der Waals surface area contributed by atoms with Crippen molar-refractivity contribution < 1.29 is 13.2 Å². The molecule has 0 spiro atoms. The molecule has 0 aliphatic carbocycles. The average Bonchev–Trinajstić information content (AvgIpc) is 2.52. The van der Waals surface area contributed by atoms with Gasteiger partial charge in [0.05, 0.1) is 19.9 Å². The number of nitrogens with zero attached hydrogens (tertiary/aromatic N) is 1. The van der Waals surface area contributed by atoms with E-state index in [0.29, 0.717) is 12.2 Å². The first-order valence-corrected chi connectivity index (χ1v) is 9.24. The second-order valence-electron chi connectivity index (χ2n) is 5.38. The molecule has 0 saturated heterocycles.